The zero-order chi connectivity index (χ0) is 16.7. The lowest BCUT2D eigenvalue weighted by molar-refractivity contribution is -0.124. The quantitative estimate of drug-likeness (QED) is 0.726. The van der Waals surface area contributed by atoms with Gasteiger partial charge in [-0.1, -0.05) is 18.2 Å². The first-order chi connectivity index (χ1) is 11.0. The Kier molecular flexibility index (Phi) is 6.41. The number of ether oxygens (including phenoxy) is 1. The fourth-order valence-electron chi connectivity index (χ4n) is 2.66. The number of carbonyl (C=O) groups is 1. The number of nitrogens with one attached hydrogen (secondary N) is 1. The highest BCUT2D eigenvalue weighted by molar-refractivity contribution is 7.88. The zero-order valence-corrected chi connectivity index (χ0v) is 14.2. The van der Waals surface area contributed by atoms with Gasteiger partial charge in [0.05, 0.1) is 12.9 Å². The summed E-state index contributed by atoms with van der Waals surface area (Å²) in [6.45, 7) is 1.56. The minimum Gasteiger partial charge on any atom is -0.494 e. The Morgan fingerprint density at radius 2 is 2.04 bits per heavy atom. The van der Waals surface area contributed by atoms with Crippen LogP contribution in [0, 0.1) is 0 Å². The molecule has 128 valence electrons. The number of para-hydroxylation sites is 1. The van der Waals surface area contributed by atoms with Crippen molar-refractivity contribution >= 4 is 15.9 Å². The molecule has 23 heavy (non-hydrogen) atoms. The SMILES string of the molecule is CS(=O)(=O)N1CCCC1C(=O)NCCCCOc1ccccc1. The highest BCUT2D eigenvalue weighted by Crippen LogP contribution is 2.20. The molecule has 1 saturated heterocycles. The third kappa shape index (κ3) is 5.51. The first kappa shape index (κ1) is 17.7. The average molecular weight is 340 g/mol. The lowest BCUT2D eigenvalue weighted by Gasteiger charge is -2.21. The largest absolute Gasteiger partial charge is 0.494 e. The first-order valence-electron chi connectivity index (χ1n) is 7.91. The molecule has 0 bridgehead atoms. The minimum atomic E-state index is -3.31. The number of sulfonamides is 1. The van der Waals surface area contributed by atoms with Gasteiger partial charge in [0, 0.05) is 13.1 Å². The van der Waals surface area contributed by atoms with Crippen molar-refractivity contribution in [2.75, 3.05) is 26.0 Å². The van der Waals surface area contributed by atoms with Crippen LogP contribution in [0.25, 0.3) is 0 Å². The molecule has 1 aromatic rings. The van der Waals surface area contributed by atoms with Gasteiger partial charge in [0.25, 0.3) is 0 Å². The van der Waals surface area contributed by atoms with Crippen LogP contribution in [-0.2, 0) is 14.8 Å². The third-order valence-electron chi connectivity index (χ3n) is 3.81. The number of amides is 1. The molecule has 0 saturated carbocycles. The molecule has 1 heterocycles. The van der Waals surface area contributed by atoms with Gasteiger partial charge in [-0.3, -0.25) is 4.79 Å². The summed E-state index contributed by atoms with van der Waals surface area (Å²) >= 11 is 0. The van der Waals surface area contributed by atoms with Crippen LogP contribution in [0.1, 0.15) is 25.7 Å². The Labute approximate surface area is 137 Å². The molecule has 0 spiro atoms. The third-order valence-corrected chi connectivity index (χ3v) is 5.10. The van der Waals surface area contributed by atoms with Crippen LogP contribution >= 0.6 is 0 Å². The van der Waals surface area contributed by atoms with Gasteiger partial charge in [-0.05, 0) is 37.8 Å². The maximum Gasteiger partial charge on any atom is 0.238 e. The lowest BCUT2D eigenvalue weighted by atomic mass is 10.2. The van der Waals surface area contributed by atoms with Gasteiger partial charge in [-0.2, -0.15) is 4.31 Å². The molecule has 0 aliphatic carbocycles. The van der Waals surface area contributed by atoms with Crippen LogP contribution in [0.3, 0.4) is 0 Å². The number of hydrogen-bond acceptors (Lipinski definition) is 4. The van der Waals surface area contributed by atoms with E-state index in [0.717, 1.165) is 31.3 Å². The Morgan fingerprint density at radius 1 is 1.30 bits per heavy atom. The van der Waals surface area contributed by atoms with E-state index in [0.29, 0.717) is 26.1 Å². The maximum absolute atomic E-state index is 12.1. The Hall–Kier alpha value is -1.60. The zero-order valence-electron chi connectivity index (χ0n) is 13.4. The van der Waals surface area contributed by atoms with Crippen molar-refractivity contribution in [1.29, 1.82) is 0 Å². The molecular formula is C16H24N2O4S. The molecule has 6 nitrogen and oxygen atoms in total. The summed E-state index contributed by atoms with van der Waals surface area (Å²) in [4.78, 5) is 12.1. The second-order valence-corrected chi connectivity index (χ2v) is 7.63. The van der Waals surface area contributed by atoms with Crippen molar-refractivity contribution in [3.63, 3.8) is 0 Å². The summed E-state index contributed by atoms with van der Waals surface area (Å²) in [6, 6.07) is 9.04. The molecule has 1 unspecified atom stereocenters. The van der Waals surface area contributed by atoms with Crippen LogP contribution in [0.5, 0.6) is 5.75 Å². The Balaban J connectivity index is 1.63. The van der Waals surface area contributed by atoms with E-state index in [9.17, 15) is 13.2 Å². The molecule has 7 heteroatoms. The molecule has 1 aromatic carbocycles. The minimum absolute atomic E-state index is 0.197. The number of nitrogens with zero attached hydrogens (tertiary/aromatic N) is 1. The van der Waals surface area contributed by atoms with E-state index in [1.165, 1.54) is 4.31 Å². The van der Waals surface area contributed by atoms with Gasteiger partial charge in [0.2, 0.25) is 15.9 Å². The van der Waals surface area contributed by atoms with Gasteiger partial charge in [-0.15, -0.1) is 0 Å². The molecule has 2 rings (SSSR count). The summed E-state index contributed by atoms with van der Waals surface area (Å²) in [5.74, 6) is 0.642. The van der Waals surface area contributed by atoms with Crippen molar-refractivity contribution in [3.05, 3.63) is 30.3 Å². The van der Waals surface area contributed by atoms with Crippen LogP contribution in [0.2, 0.25) is 0 Å². The summed E-state index contributed by atoms with van der Waals surface area (Å²) in [5.41, 5.74) is 0. The fraction of sp³-hybridized carbons (Fsp3) is 0.562. The Bertz CT molecular complexity index is 604. The predicted molar refractivity (Wildman–Crippen MR) is 88.8 cm³/mol. The fourth-order valence-corrected chi connectivity index (χ4v) is 3.79. The van der Waals surface area contributed by atoms with Crippen LogP contribution in [-0.4, -0.2) is 50.6 Å². The van der Waals surface area contributed by atoms with Crippen LogP contribution in [0.15, 0.2) is 30.3 Å². The molecule has 1 aliphatic rings. The highest BCUT2D eigenvalue weighted by Gasteiger charge is 2.36. The predicted octanol–water partition coefficient (Wildman–Crippen LogP) is 1.39. The van der Waals surface area contributed by atoms with Crippen molar-refractivity contribution in [2.45, 2.75) is 31.7 Å². The van der Waals surface area contributed by atoms with Gasteiger partial charge in [-0.25, -0.2) is 8.42 Å². The molecule has 1 aliphatic heterocycles. The van der Waals surface area contributed by atoms with Gasteiger partial charge < -0.3 is 10.1 Å². The van der Waals surface area contributed by atoms with E-state index in [1.807, 2.05) is 30.3 Å². The summed E-state index contributed by atoms with van der Waals surface area (Å²) in [7, 11) is -3.31. The second kappa shape index (κ2) is 8.31. The molecule has 1 N–H and O–H groups in total. The van der Waals surface area contributed by atoms with Gasteiger partial charge in [0.1, 0.15) is 11.8 Å². The van der Waals surface area contributed by atoms with E-state index >= 15 is 0 Å². The smallest absolute Gasteiger partial charge is 0.238 e. The van der Waals surface area contributed by atoms with Crippen molar-refractivity contribution in [3.8, 4) is 5.75 Å². The number of rotatable bonds is 8. The van der Waals surface area contributed by atoms with E-state index in [1.54, 1.807) is 0 Å². The van der Waals surface area contributed by atoms with E-state index in [4.69, 9.17) is 4.74 Å². The van der Waals surface area contributed by atoms with Crippen molar-refractivity contribution in [1.82, 2.24) is 9.62 Å². The average Bonchev–Trinajstić information content (AvgIpc) is 3.01. The maximum atomic E-state index is 12.1. The number of unbranched alkanes of at least 4 members (excludes halogenated alkanes) is 1. The van der Waals surface area contributed by atoms with Gasteiger partial charge in [0.15, 0.2) is 0 Å². The van der Waals surface area contributed by atoms with E-state index < -0.39 is 16.1 Å². The molecule has 0 aromatic heterocycles. The molecule has 0 radical (unpaired) electrons. The number of carbonyl (C=O) groups excluding carboxylic acids is 1. The molecular weight excluding hydrogens is 316 g/mol. The summed E-state index contributed by atoms with van der Waals surface area (Å²) < 4.78 is 30.1. The summed E-state index contributed by atoms with van der Waals surface area (Å²) in [5, 5.41) is 2.82. The summed E-state index contributed by atoms with van der Waals surface area (Å²) in [6.07, 6.45) is 4.10. The number of hydrogen-bond donors (Lipinski definition) is 1. The van der Waals surface area contributed by atoms with Crippen LogP contribution < -0.4 is 10.1 Å². The Morgan fingerprint density at radius 3 is 2.74 bits per heavy atom. The van der Waals surface area contributed by atoms with Gasteiger partial charge >= 0.3 is 0 Å². The second-order valence-electron chi connectivity index (χ2n) is 5.69. The van der Waals surface area contributed by atoms with Crippen molar-refractivity contribution in [2.24, 2.45) is 0 Å². The topological polar surface area (TPSA) is 75.7 Å². The monoisotopic (exact) mass is 340 g/mol. The normalized spacial score (nSPS) is 18.7. The first-order valence-corrected chi connectivity index (χ1v) is 9.75. The van der Waals surface area contributed by atoms with Crippen LogP contribution in [0.4, 0.5) is 0 Å². The molecule has 1 atom stereocenters. The van der Waals surface area contributed by atoms with E-state index in [-0.39, 0.29) is 5.91 Å². The highest BCUT2D eigenvalue weighted by atomic mass is 32.2. The van der Waals surface area contributed by atoms with E-state index in [2.05, 4.69) is 5.32 Å². The number of benzene rings is 1. The molecule has 1 fully saturated rings. The molecule has 1 amide bonds. The standard InChI is InChI=1S/C16H24N2O4S/c1-23(20,21)18-12-7-10-15(18)16(19)17-11-5-6-13-22-14-8-3-2-4-9-14/h2-4,8-9,15H,5-7,10-13H2,1H3,(H,17,19). The lowest BCUT2D eigenvalue weighted by Crippen LogP contribution is -2.45. The van der Waals surface area contributed by atoms with Crippen molar-refractivity contribution < 1.29 is 17.9 Å².